The van der Waals surface area contributed by atoms with E-state index in [0.29, 0.717) is 12.2 Å². The van der Waals surface area contributed by atoms with Gasteiger partial charge in [0.2, 0.25) is 0 Å². The molecule has 7 heteroatoms. The van der Waals surface area contributed by atoms with Crippen molar-refractivity contribution < 1.29 is 8.42 Å². The molecule has 0 amide bonds. The van der Waals surface area contributed by atoms with Crippen LogP contribution in [0.2, 0.25) is 0 Å². The minimum Gasteiger partial charge on any atom is -0.227 e. The number of hydrogen-bond acceptors (Lipinski definition) is 5. The molecular formula is C16H20N4O2S. The molecule has 1 aromatic carbocycles. The van der Waals surface area contributed by atoms with Gasteiger partial charge in [0.05, 0.1) is 11.3 Å². The van der Waals surface area contributed by atoms with Gasteiger partial charge in [-0.2, -0.15) is 0 Å². The molecule has 0 radical (unpaired) electrons. The van der Waals surface area contributed by atoms with Crippen molar-refractivity contribution in [1.29, 1.82) is 0 Å². The van der Waals surface area contributed by atoms with Crippen molar-refractivity contribution in [3.8, 4) is 0 Å². The Morgan fingerprint density at radius 2 is 2.00 bits per heavy atom. The Balaban J connectivity index is 1.72. The highest BCUT2D eigenvalue weighted by Crippen LogP contribution is 2.42. The highest BCUT2D eigenvalue weighted by molar-refractivity contribution is 7.91. The topological polar surface area (TPSA) is 77.7 Å². The first-order valence-electron chi connectivity index (χ1n) is 8.17. The van der Waals surface area contributed by atoms with E-state index in [2.05, 4.69) is 15.5 Å². The summed E-state index contributed by atoms with van der Waals surface area (Å²) in [6, 6.07) is 8.16. The zero-order chi connectivity index (χ0) is 16.0. The van der Waals surface area contributed by atoms with Crippen LogP contribution in [0.1, 0.15) is 66.1 Å². The smallest absolute Gasteiger partial charge is 0.169 e. The molecule has 0 bridgehead atoms. The van der Waals surface area contributed by atoms with Crippen LogP contribution in [0, 0.1) is 0 Å². The number of benzene rings is 1. The molecule has 2 aliphatic rings. The van der Waals surface area contributed by atoms with Crippen molar-refractivity contribution >= 4 is 9.84 Å². The zero-order valence-corrected chi connectivity index (χ0v) is 13.9. The van der Waals surface area contributed by atoms with Gasteiger partial charge in [-0.1, -0.05) is 24.3 Å². The largest absolute Gasteiger partial charge is 0.227 e. The van der Waals surface area contributed by atoms with Crippen LogP contribution in [0.3, 0.4) is 0 Å². The normalized spacial score (nSPS) is 22.6. The highest BCUT2D eigenvalue weighted by Gasteiger charge is 2.40. The average Bonchev–Trinajstić information content (AvgIpc) is 3.30. The predicted molar refractivity (Wildman–Crippen MR) is 85.5 cm³/mol. The quantitative estimate of drug-likeness (QED) is 0.860. The molecule has 2 atom stereocenters. The van der Waals surface area contributed by atoms with Crippen LogP contribution in [0.4, 0.5) is 0 Å². The third-order valence-corrected chi connectivity index (χ3v) is 7.46. The second-order valence-corrected chi connectivity index (χ2v) is 8.98. The number of aryl methyl sites for hydroxylation is 1. The summed E-state index contributed by atoms with van der Waals surface area (Å²) in [6.45, 7) is 1.72. The number of sulfone groups is 1. The lowest BCUT2D eigenvalue weighted by atomic mass is 9.91. The summed E-state index contributed by atoms with van der Waals surface area (Å²) in [4.78, 5) is 0. The number of fused-ring (bicyclic) bond motifs is 1. The van der Waals surface area contributed by atoms with Gasteiger partial charge in [0.1, 0.15) is 5.25 Å². The van der Waals surface area contributed by atoms with Crippen LogP contribution < -0.4 is 0 Å². The van der Waals surface area contributed by atoms with Crippen molar-refractivity contribution in [3.05, 3.63) is 41.2 Å². The molecule has 23 heavy (non-hydrogen) atoms. The van der Waals surface area contributed by atoms with Gasteiger partial charge >= 0.3 is 0 Å². The SMILES string of the molecule is CC(c1nnnn1C1CC1)S(=O)(=O)C1CCCc2ccccc21. The third kappa shape index (κ3) is 2.47. The van der Waals surface area contributed by atoms with Gasteiger partial charge in [-0.15, -0.1) is 5.10 Å². The molecule has 1 saturated carbocycles. The summed E-state index contributed by atoms with van der Waals surface area (Å²) in [5.74, 6) is 0.482. The second-order valence-electron chi connectivity index (χ2n) is 6.52. The van der Waals surface area contributed by atoms with Crippen LogP contribution in [0.5, 0.6) is 0 Å². The van der Waals surface area contributed by atoms with Crippen molar-refractivity contribution in [2.75, 3.05) is 0 Å². The van der Waals surface area contributed by atoms with E-state index in [0.717, 1.165) is 36.8 Å². The highest BCUT2D eigenvalue weighted by atomic mass is 32.2. The predicted octanol–water partition coefficient (Wildman–Crippen LogP) is 2.56. The second kappa shape index (κ2) is 5.40. The molecule has 2 aliphatic carbocycles. The summed E-state index contributed by atoms with van der Waals surface area (Å²) in [6.07, 6.45) is 4.58. The standard InChI is InChI=1S/C16H20N4O2S/c1-11(16-17-18-19-20(16)13-9-10-13)23(21,22)15-8-4-6-12-5-2-3-7-14(12)15/h2-3,5,7,11,13,15H,4,6,8-10H2,1H3. The summed E-state index contributed by atoms with van der Waals surface area (Å²) >= 11 is 0. The van der Waals surface area contributed by atoms with E-state index in [1.165, 1.54) is 0 Å². The third-order valence-electron chi connectivity index (χ3n) is 4.98. The first-order valence-corrected chi connectivity index (χ1v) is 9.78. The minimum absolute atomic E-state index is 0.274. The Morgan fingerprint density at radius 1 is 1.22 bits per heavy atom. The van der Waals surface area contributed by atoms with Gasteiger partial charge < -0.3 is 0 Å². The molecule has 2 aromatic rings. The molecule has 0 aliphatic heterocycles. The number of rotatable bonds is 4. The van der Waals surface area contributed by atoms with Gasteiger partial charge in [-0.25, -0.2) is 13.1 Å². The van der Waals surface area contributed by atoms with E-state index in [1.807, 2.05) is 24.3 Å². The maximum absolute atomic E-state index is 13.2. The minimum atomic E-state index is -3.39. The molecule has 0 spiro atoms. The lowest BCUT2D eigenvalue weighted by molar-refractivity contribution is 0.534. The van der Waals surface area contributed by atoms with Crippen LogP contribution >= 0.6 is 0 Å². The van der Waals surface area contributed by atoms with E-state index >= 15 is 0 Å². The molecule has 1 aromatic heterocycles. The van der Waals surface area contributed by atoms with E-state index in [4.69, 9.17) is 0 Å². The number of nitrogens with zero attached hydrogens (tertiary/aromatic N) is 4. The van der Waals surface area contributed by atoms with E-state index in [1.54, 1.807) is 11.6 Å². The molecular weight excluding hydrogens is 312 g/mol. The summed E-state index contributed by atoms with van der Waals surface area (Å²) in [7, 11) is -3.39. The van der Waals surface area contributed by atoms with Crippen molar-refractivity contribution in [1.82, 2.24) is 20.2 Å². The van der Waals surface area contributed by atoms with Crippen molar-refractivity contribution in [2.24, 2.45) is 0 Å². The molecule has 0 saturated heterocycles. The van der Waals surface area contributed by atoms with Crippen molar-refractivity contribution in [3.63, 3.8) is 0 Å². The van der Waals surface area contributed by atoms with Crippen LogP contribution in [-0.4, -0.2) is 28.6 Å². The molecule has 1 heterocycles. The van der Waals surface area contributed by atoms with Crippen LogP contribution in [0.15, 0.2) is 24.3 Å². The van der Waals surface area contributed by atoms with Gasteiger partial charge in [0.25, 0.3) is 0 Å². The lowest BCUT2D eigenvalue weighted by Gasteiger charge is -2.27. The Morgan fingerprint density at radius 3 is 2.78 bits per heavy atom. The summed E-state index contributed by atoms with van der Waals surface area (Å²) < 4.78 is 28.2. The monoisotopic (exact) mass is 332 g/mol. The van der Waals surface area contributed by atoms with Crippen molar-refractivity contribution in [2.45, 2.75) is 55.6 Å². The number of aromatic nitrogens is 4. The maximum atomic E-state index is 13.2. The van der Waals surface area contributed by atoms with Gasteiger partial charge in [0.15, 0.2) is 15.7 Å². The lowest BCUT2D eigenvalue weighted by Crippen LogP contribution is -2.25. The number of tetrazole rings is 1. The fourth-order valence-corrected chi connectivity index (χ4v) is 5.51. The van der Waals surface area contributed by atoms with Gasteiger partial charge in [0, 0.05) is 0 Å². The van der Waals surface area contributed by atoms with Crippen LogP contribution in [-0.2, 0) is 16.3 Å². The Labute approximate surface area is 135 Å². The average molecular weight is 332 g/mol. The summed E-state index contributed by atoms with van der Waals surface area (Å²) in [5.41, 5.74) is 2.11. The van der Waals surface area contributed by atoms with Gasteiger partial charge in [-0.05, 0) is 60.6 Å². The summed E-state index contributed by atoms with van der Waals surface area (Å²) in [5, 5.41) is 10.6. The Bertz CT molecular complexity index is 826. The molecule has 122 valence electrons. The Kier molecular flexibility index (Phi) is 3.48. The molecule has 2 unspecified atom stereocenters. The number of hydrogen-bond donors (Lipinski definition) is 0. The molecule has 6 nitrogen and oxygen atoms in total. The van der Waals surface area contributed by atoms with Gasteiger partial charge in [-0.3, -0.25) is 0 Å². The fraction of sp³-hybridized carbons (Fsp3) is 0.562. The molecule has 1 fully saturated rings. The maximum Gasteiger partial charge on any atom is 0.169 e. The molecule has 4 rings (SSSR count). The first-order chi connectivity index (χ1) is 11.1. The zero-order valence-electron chi connectivity index (χ0n) is 13.1. The molecule has 0 N–H and O–H groups in total. The Hall–Kier alpha value is -1.76. The van der Waals surface area contributed by atoms with E-state index < -0.39 is 20.3 Å². The van der Waals surface area contributed by atoms with E-state index in [-0.39, 0.29) is 6.04 Å². The van der Waals surface area contributed by atoms with Crippen LogP contribution in [0.25, 0.3) is 0 Å². The van der Waals surface area contributed by atoms with E-state index in [9.17, 15) is 8.42 Å². The first kappa shape index (κ1) is 14.8. The fourth-order valence-electron chi connectivity index (χ4n) is 3.49.